The molecule has 8 amide bonds. The number of ether oxygens (including phenoxy) is 2. The Balaban J connectivity index is 1.34. The van der Waals surface area contributed by atoms with Crippen molar-refractivity contribution < 1.29 is 51.8 Å². The third-order valence-corrected chi connectivity index (χ3v) is 13.0. The molecule has 4 aromatic rings. The third-order valence-electron chi connectivity index (χ3n) is 13.0. The van der Waals surface area contributed by atoms with Gasteiger partial charge in [0.25, 0.3) is 5.91 Å². The van der Waals surface area contributed by atoms with Gasteiger partial charge >= 0.3 is 18.2 Å². The van der Waals surface area contributed by atoms with Gasteiger partial charge in [-0.3, -0.25) is 19.2 Å². The molecule has 4 atom stereocenters. The number of nitrogens with one attached hydrogen (secondary N) is 5. The summed E-state index contributed by atoms with van der Waals surface area (Å²) in [4.78, 5) is 98.9. The van der Waals surface area contributed by atoms with Gasteiger partial charge in [0.15, 0.2) is 6.61 Å². The lowest BCUT2D eigenvalue weighted by molar-refractivity contribution is -0.140. The second-order valence-electron chi connectivity index (χ2n) is 21.2. The van der Waals surface area contributed by atoms with Crippen LogP contribution >= 0.6 is 0 Å². The summed E-state index contributed by atoms with van der Waals surface area (Å²) in [5.41, 5.74) is 19.4. The number of halogens is 2. The maximum atomic E-state index is 15.4. The minimum Gasteiger partial charge on any atom is -0.445 e. The number of aryl methyl sites for hydroxylation is 1. The van der Waals surface area contributed by atoms with E-state index < -0.39 is 84.6 Å². The molecule has 0 spiro atoms. The van der Waals surface area contributed by atoms with Crippen LogP contribution < -0.4 is 43.8 Å². The van der Waals surface area contributed by atoms with E-state index in [1.807, 2.05) is 62.6 Å². The van der Waals surface area contributed by atoms with Crippen molar-refractivity contribution in [3.63, 3.8) is 0 Å². The molecule has 0 aliphatic carbocycles. The van der Waals surface area contributed by atoms with Gasteiger partial charge in [0.1, 0.15) is 37.0 Å². The number of hydrogen-bond donors (Lipinski definition) is 8. The first-order chi connectivity index (χ1) is 38.0. The van der Waals surface area contributed by atoms with Gasteiger partial charge in [-0.25, -0.2) is 28.1 Å². The first-order valence-electron chi connectivity index (χ1n) is 27.0. The fourth-order valence-electron chi connectivity index (χ4n) is 8.58. The van der Waals surface area contributed by atoms with E-state index in [9.17, 15) is 38.0 Å². The summed E-state index contributed by atoms with van der Waals surface area (Å²) in [6.07, 6.45) is 3.02. The fraction of sp³-hybridized carbons (Fsp3) is 0.509. The highest BCUT2D eigenvalue weighted by atomic mass is 19.1. The van der Waals surface area contributed by atoms with Crippen LogP contribution in [0.25, 0.3) is 11.3 Å². The molecule has 438 valence electrons. The number of benzene rings is 3. The highest BCUT2D eigenvalue weighted by Crippen LogP contribution is 2.40. The average Bonchev–Trinajstić information content (AvgIpc) is 3.89. The predicted molar refractivity (Wildman–Crippen MR) is 301 cm³/mol. The zero-order chi connectivity index (χ0) is 58.9. The van der Waals surface area contributed by atoms with E-state index in [4.69, 9.17) is 31.7 Å². The van der Waals surface area contributed by atoms with Crippen LogP contribution in [0.3, 0.4) is 0 Å². The maximum absolute atomic E-state index is 15.4. The summed E-state index contributed by atoms with van der Waals surface area (Å²) >= 11 is 0. The molecule has 80 heavy (non-hydrogen) atoms. The lowest BCUT2D eigenvalue weighted by atomic mass is 9.84. The minimum absolute atomic E-state index is 0.0141. The highest BCUT2D eigenvalue weighted by Gasteiger charge is 2.39. The lowest BCUT2D eigenvalue weighted by Gasteiger charge is -2.40. The first kappa shape index (κ1) is 64.9. The Morgan fingerprint density at radius 1 is 0.825 bits per heavy atom. The van der Waals surface area contributed by atoms with Crippen molar-refractivity contribution in [1.82, 2.24) is 40.6 Å². The smallest absolute Gasteiger partial charge is 0.410 e. The van der Waals surface area contributed by atoms with Gasteiger partial charge in [0, 0.05) is 69.7 Å². The Hall–Kier alpha value is -7.66. The molecule has 0 radical (unpaired) electrons. The normalized spacial score (nSPS) is 12.8. The number of urea groups is 1. The monoisotopic (exact) mass is 1120 g/mol. The summed E-state index contributed by atoms with van der Waals surface area (Å²) < 4.78 is 41.9. The number of carbonyl (C=O) groups is 7. The summed E-state index contributed by atoms with van der Waals surface area (Å²) in [6, 6.07) is 16.4. The molecular formula is C57H82F2N12O9. The SMILES string of the molecule is Cc1ccc(F)c(-c2cn(Cc3ccccc3)c([C@H](N(CC[C@H](N)CF)C(=O)COC(=O)N(C)CCNC(=O)OCc3ccc(NC(=O)[C@H](CCCNC(N)=O)NC(=O)[C@@H](NC(=O)CCCCCN)C(C)C)cc3)C(C)(C)C)n2)c1. The minimum atomic E-state index is -1.04. The summed E-state index contributed by atoms with van der Waals surface area (Å²) in [5.74, 6) is -2.30. The number of carbonyl (C=O) groups excluding carboxylic acids is 7. The first-order valence-corrected chi connectivity index (χ1v) is 27.0. The number of rotatable bonds is 31. The molecule has 4 rings (SSSR count). The molecule has 0 unspecified atom stereocenters. The summed E-state index contributed by atoms with van der Waals surface area (Å²) in [5, 5.41) is 13.3. The molecule has 0 saturated heterocycles. The van der Waals surface area contributed by atoms with Crippen molar-refractivity contribution in [1.29, 1.82) is 0 Å². The van der Waals surface area contributed by atoms with E-state index in [1.54, 1.807) is 56.4 Å². The van der Waals surface area contributed by atoms with E-state index >= 15 is 4.39 Å². The van der Waals surface area contributed by atoms with E-state index in [1.165, 1.54) is 22.9 Å². The number of imidazole rings is 1. The number of unbranched alkanes of at least 4 members (excludes halogenated alkanes) is 2. The molecular weight excluding hydrogens is 1030 g/mol. The van der Waals surface area contributed by atoms with Gasteiger partial charge in [-0.2, -0.15) is 0 Å². The standard InChI is InChI=1S/C57H82F2N12O9/c1-37(2)49(68-47(72)18-12-9-13-26-60)53(75)67-45(17-14-27-63-54(62)76)52(74)65-42-22-20-40(21-23-42)35-79-55(77)64-28-30-69(7)56(78)80-36-48(73)71(29-25-41(61)32-58)50(57(4,5)6)51-66-46(43-31-38(3)19-24-44(43)59)34-70(51)33-39-15-10-8-11-16-39/h8,10-11,15-16,19-24,31,34,37,41,45,49-50H,9,12-14,17-18,25-30,32-33,35-36,60-61H2,1-7H3,(H,64,77)(H,65,74)(H,67,75)(H,68,72)(H3,62,63,76)/t41-,45-,49-,50-/m0/s1. The molecule has 0 saturated carbocycles. The fourth-order valence-corrected chi connectivity index (χ4v) is 8.58. The van der Waals surface area contributed by atoms with Gasteiger partial charge < -0.3 is 67.6 Å². The Labute approximate surface area is 467 Å². The number of nitrogens with two attached hydrogens (primary N) is 3. The lowest BCUT2D eigenvalue weighted by Crippen LogP contribution is -2.54. The second kappa shape index (κ2) is 32.4. The molecule has 21 nitrogen and oxygen atoms in total. The number of nitrogens with zero attached hydrogens (tertiary/aromatic N) is 4. The van der Waals surface area contributed by atoms with Crippen LogP contribution in [0.5, 0.6) is 0 Å². The Bertz CT molecular complexity index is 2650. The highest BCUT2D eigenvalue weighted by molar-refractivity contribution is 5.98. The zero-order valence-corrected chi connectivity index (χ0v) is 47.2. The Kier molecular flexibility index (Phi) is 26.3. The van der Waals surface area contributed by atoms with Crippen LogP contribution in [0.2, 0.25) is 0 Å². The van der Waals surface area contributed by atoms with Gasteiger partial charge in [-0.15, -0.1) is 0 Å². The second-order valence-corrected chi connectivity index (χ2v) is 21.2. The van der Waals surface area contributed by atoms with E-state index in [2.05, 4.69) is 26.6 Å². The number of primary amides is 1. The number of amides is 8. The summed E-state index contributed by atoms with van der Waals surface area (Å²) in [7, 11) is 1.43. The van der Waals surface area contributed by atoms with Crippen molar-refractivity contribution in [2.24, 2.45) is 28.5 Å². The molecule has 0 aliphatic heterocycles. The molecule has 11 N–H and O–H groups in total. The quantitative estimate of drug-likeness (QED) is 0.0262. The number of alkyl halides is 1. The molecule has 3 aromatic carbocycles. The molecule has 1 heterocycles. The van der Waals surface area contributed by atoms with Gasteiger partial charge in [0.2, 0.25) is 17.7 Å². The van der Waals surface area contributed by atoms with Crippen LogP contribution in [0.15, 0.2) is 79.0 Å². The van der Waals surface area contributed by atoms with Gasteiger partial charge in [-0.05, 0) is 92.3 Å². The average molecular weight is 1120 g/mol. The van der Waals surface area contributed by atoms with Crippen LogP contribution in [-0.2, 0) is 41.8 Å². The number of likely N-dealkylation sites (N-methyl/N-ethyl adjacent to an activating group) is 1. The third kappa shape index (κ3) is 21.5. The predicted octanol–water partition coefficient (Wildman–Crippen LogP) is 6.18. The number of aromatic nitrogens is 2. The van der Waals surface area contributed by atoms with E-state index in [0.29, 0.717) is 48.7 Å². The molecule has 1 aromatic heterocycles. The largest absolute Gasteiger partial charge is 0.445 e. The molecule has 0 aliphatic rings. The molecule has 0 fully saturated rings. The van der Waals surface area contributed by atoms with Crippen LogP contribution in [0.4, 0.5) is 28.9 Å². The van der Waals surface area contributed by atoms with E-state index in [0.717, 1.165) is 24.0 Å². The van der Waals surface area contributed by atoms with Crippen molar-refractivity contribution in [3.8, 4) is 11.3 Å². The Morgan fingerprint density at radius 2 is 1.54 bits per heavy atom. The van der Waals surface area contributed by atoms with Crippen molar-refractivity contribution in [2.45, 2.75) is 124 Å². The molecule has 0 bridgehead atoms. The topological polar surface area (TPSA) is 300 Å². The van der Waals surface area contributed by atoms with Crippen molar-refractivity contribution in [3.05, 3.63) is 107 Å². The van der Waals surface area contributed by atoms with Gasteiger partial charge in [0.05, 0.1) is 11.7 Å². The van der Waals surface area contributed by atoms with E-state index in [-0.39, 0.29) is 69.4 Å². The number of anilines is 1. The molecule has 23 heteroatoms. The summed E-state index contributed by atoms with van der Waals surface area (Å²) in [6.45, 7) is 10.4. The van der Waals surface area contributed by atoms with Crippen molar-refractivity contribution in [2.75, 3.05) is 58.4 Å². The van der Waals surface area contributed by atoms with Crippen LogP contribution in [0.1, 0.15) is 108 Å². The maximum Gasteiger partial charge on any atom is 0.410 e. The van der Waals surface area contributed by atoms with Crippen molar-refractivity contribution >= 4 is 47.5 Å². The number of alkyl carbamates (subject to hydrolysis) is 1. The Morgan fingerprint density at radius 3 is 2.19 bits per heavy atom. The zero-order valence-electron chi connectivity index (χ0n) is 47.2. The van der Waals surface area contributed by atoms with Gasteiger partial charge in [-0.1, -0.05) is 95.1 Å². The van der Waals surface area contributed by atoms with Crippen LogP contribution in [-0.4, -0.2) is 132 Å². The number of hydrogen-bond acceptors (Lipinski definition) is 12. The van der Waals surface area contributed by atoms with Crippen LogP contribution in [0, 0.1) is 24.1 Å².